The molecule has 0 spiro atoms. The van der Waals surface area contributed by atoms with Gasteiger partial charge in [-0.25, -0.2) is 26.8 Å². The van der Waals surface area contributed by atoms with Gasteiger partial charge in [-0.05, 0) is 31.2 Å². The number of hydrogen-bond acceptors (Lipinski definition) is 10. The van der Waals surface area contributed by atoms with Crippen LogP contribution in [-0.2, 0) is 20.0 Å². The Morgan fingerprint density at radius 3 is 2.22 bits per heavy atom. The maximum absolute atomic E-state index is 11.8. The van der Waals surface area contributed by atoms with E-state index in [4.69, 9.17) is 10.5 Å². The van der Waals surface area contributed by atoms with Crippen molar-refractivity contribution in [1.29, 1.82) is 0 Å². The second-order valence-corrected chi connectivity index (χ2v) is 9.63. The summed E-state index contributed by atoms with van der Waals surface area (Å²) in [5.41, 5.74) is 5.48. The largest absolute Gasteiger partial charge is 0.491 e. The monoisotopic (exact) mass is 416 g/mol. The van der Waals surface area contributed by atoms with Crippen molar-refractivity contribution >= 4 is 37.6 Å². The molecule has 0 aliphatic carbocycles. The summed E-state index contributed by atoms with van der Waals surface area (Å²) in [4.78, 5) is 11.5. The van der Waals surface area contributed by atoms with E-state index in [1.807, 2.05) is 6.92 Å². The van der Waals surface area contributed by atoms with Gasteiger partial charge in [-0.3, -0.25) is 0 Å². The van der Waals surface area contributed by atoms with Crippen molar-refractivity contribution in [3.63, 3.8) is 0 Å². The van der Waals surface area contributed by atoms with Crippen molar-refractivity contribution in [3.05, 3.63) is 30.6 Å². The summed E-state index contributed by atoms with van der Waals surface area (Å²) in [6.07, 6.45) is 2.92. The van der Waals surface area contributed by atoms with Crippen LogP contribution >= 0.6 is 0 Å². The van der Waals surface area contributed by atoms with Gasteiger partial charge in [-0.1, -0.05) is 0 Å². The van der Waals surface area contributed by atoms with Crippen molar-refractivity contribution < 1.29 is 21.6 Å². The quantitative estimate of drug-likeness (QED) is 0.602. The fourth-order valence-corrected chi connectivity index (χ4v) is 5.13. The van der Waals surface area contributed by atoms with Gasteiger partial charge in [-0.15, -0.1) is 0 Å². The molecule has 0 aliphatic rings. The Labute approximate surface area is 157 Å². The molecule has 2 rings (SSSR count). The Kier molecular flexibility index (Phi) is 6.05. The Balaban J connectivity index is 2.03. The van der Waals surface area contributed by atoms with Crippen molar-refractivity contribution in [2.45, 2.75) is 13.0 Å². The van der Waals surface area contributed by atoms with E-state index in [2.05, 4.69) is 20.3 Å². The van der Waals surface area contributed by atoms with E-state index in [1.165, 1.54) is 30.6 Å². The number of nitrogens with two attached hydrogens (primary N) is 1. The number of hydrogen-bond donors (Lipinski definition) is 2. The molecule has 1 unspecified atom stereocenters. The molecule has 0 radical (unpaired) electrons. The number of sulfonamides is 2. The molecule has 148 valence electrons. The first kappa shape index (κ1) is 20.6. The highest BCUT2D eigenvalue weighted by Crippen LogP contribution is 2.24. The summed E-state index contributed by atoms with van der Waals surface area (Å²) in [7, 11) is -7.97. The lowest BCUT2D eigenvalue weighted by Crippen LogP contribution is -2.35. The normalized spacial score (nSPS) is 13.0. The van der Waals surface area contributed by atoms with E-state index >= 15 is 0 Å². The van der Waals surface area contributed by atoms with Crippen molar-refractivity contribution in [1.82, 2.24) is 15.0 Å². The van der Waals surface area contributed by atoms with Gasteiger partial charge in [0.05, 0.1) is 24.2 Å². The van der Waals surface area contributed by atoms with Crippen LogP contribution in [0, 0.1) is 0 Å². The molecule has 0 fully saturated rings. The van der Waals surface area contributed by atoms with Gasteiger partial charge in [0.15, 0.2) is 0 Å². The van der Waals surface area contributed by atoms with Gasteiger partial charge in [0.2, 0.25) is 31.9 Å². The molecule has 0 amide bonds. The summed E-state index contributed by atoms with van der Waals surface area (Å²) in [5, 5.41) is 2.99. The van der Waals surface area contributed by atoms with Crippen LogP contribution in [-0.4, -0.2) is 56.9 Å². The number of ether oxygens (including phenoxy) is 1. The second kappa shape index (κ2) is 7.92. The summed E-state index contributed by atoms with van der Waals surface area (Å²) < 4.78 is 53.0. The number of anilines is 3. The molecule has 0 saturated heterocycles. The number of benzene rings is 1. The minimum atomic E-state index is -3.99. The zero-order valence-electron chi connectivity index (χ0n) is 14.9. The molecule has 1 heterocycles. The van der Waals surface area contributed by atoms with Gasteiger partial charge in [0.25, 0.3) is 0 Å². The Morgan fingerprint density at radius 1 is 1.11 bits per heavy atom. The molecule has 2 aromatic rings. The predicted molar refractivity (Wildman–Crippen MR) is 101 cm³/mol. The smallest absolute Gasteiger partial charge is 0.245 e. The van der Waals surface area contributed by atoms with Crippen LogP contribution in [0.5, 0.6) is 5.75 Å². The van der Waals surface area contributed by atoms with Crippen LogP contribution in [0.25, 0.3) is 0 Å². The minimum Gasteiger partial charge on any atom is -0.491 e. The molecule has 1 atom stereocenters. The zero-order valence-corrected chi connectivity index (χ0v) is 16.5. The Morgan fingerprint density at radius 2 is 1.70 bits per heavy atom. The number of nitrogen functional groups attached to an aromatic ring is 1. The fraction of sp³-hybridized carbons (Fsp3) is 0.357. The summed E-state index contributed by atoms with van der Waals surface area (Å²) in [6.45, 7) is 2.08. The van der Waals surface area contributed by atoms with E-state index in [1.54, 1.807) is 0 Å². The number of nitrogens with zero attached hydrogens (tertiary/aromatic N) is 4. The second-order valence-electron chi connectivity index (χ2n) is 5.74. The van der Waals surface area contributed by atoms with Gasteiger partial charge in [0.1, 0.15) is 18.7 Å². The number of rotatable bonds is 8. The molecule has 11 nitrogen and oxygen atoms in total. The van der Waals surface area contributed by atoms with Crippen LogP contribution in [0.2, 0.25) is 0 Å². The first-order valence-corrected chi connectivity index (χ1v) is 11.3. The highest BCUT2D eigenvalue weighted by molar-refractivity contribution is 8.09. The third-order valence-corrected chi connectivity index (χ3v) is 6.37. The molecule has 1 aromatic heterocycles. The topological polar surface area (TPSA) is 157 Å². The van der Waals surface area contributed by atoms with Gasteiger partial charge < -0.3 is 15.8 Å². The maximum atomic E-state index is 11.8. The molecule has 3 N–H and O–H groups in total. The Bertz CT molecular complexity index is 963. The van der Waals surface area contributed by atoms with Crippen LogP contribution in [0.15, 0.2) is 30.6 Å². The van der Waals surface area contributed by atoms with Crippen molar-refractivity contribution in [3.8, 4) is 5.75 Å². The lowest BCUT2D eigenvalue weighted by molar-refractivity contribution is 0.303. The lowest BCUT2D eigenvalue weighted by atomic mass is 10.3. The fourth-order valence-electron chi connectivity index (χ4n) is 2.15. The van der Waals surface area contributed by atoms with E-state index < -0.39 is 20.0 Å². The average molecular weight is 416 g/mol. The molecule has 0 saturated carbocycles. The summed E-state index contributed by atoms with van der Waals surface area (Å²) in [6, 6.07) is 5.48. The molecule has 13 heteroatoms. The lowest BCUT2D eigenvalue weighted by Gasteiger charge is -2.20. The third-order valence-electron chi connectivity index (χ3n) is 3.12. The Hall–Kier alpha value is -2.67. The minimum absolute atomic E-state index is 0.000755. The molecule has 0 aliphatic heterocycles. The van der Waals surface area contributed by atoms with Gasteiger partial charge >= 0.3 is 0 Å². The SMILES string of the molecule is CC(COc1ccc(N(S(C)(=O)=O)S(C)(=O)=O)cc1)Nc1ncnc(N)n1. The standard InChI is InChI=1S/C14H20N6O5S2/c1-10(18-14-17-9-16-13(15)19-14)8-25-12-6-4-11(5-7-12)20(26(2,21)22)27(3,23)24/h4-7,9-10H,8H2,1-3H3,(H3,15,16,17,18,19). The molecule has 27 heavy (non-hydrogen) atoms. The van der Waals surface area contributed by atoms with Crippen LogP contribution in [0.1, 0.15) is 6.92 Å². The zero-order chi connectivity index (χ0) is 20.2. The summed E-state index contributed by atoms with van der Waals surface area (Å²) in [5.74, 6) is 0.841. The molecular formula is C14H20N6O5S2. The van der Waals surface area contributed by atoms with Gasteiger partial charge in [0, 0.05) is 0 Å². The number of aromatic nitrogens is 3. The van der Waals surface area contributed by atoms with Crippen LogP contribution in [0.3, 0.4) is 0 Å². The highest BCUT2D eigenvalue weighted by Gasteiger charge is 2.27. The average Bonchev–Trinajstić information content (AvgIpc) is 2.51. The van der Waals surface area contributed by atoms with Crippen molar-refractivity contribution in [2.24, 2.45) is 0 Å². The first-order chi connectivity index (χ1) is 12.5. The van der Waals surface area contributed by atoms with E-state index in [0.717, 1.165) is 12.5 Å². The molecule has 1 aromatic carbocycles. The number of nitrogens with one attached hydrogen (secondary N) is 1. The molecule has 0 bridgehead atoms. The maximum Gasteiger partial charge on any atom is 0.245 e. The highest BCUT2D eigenvalue weighted by atomic mass is 32.3. The molecular weight excluding hydrogens is 396 g/mol. The first-order valence-electron chi connectivity index (χ1n) is 7.61. The van der Waals surface area contributed by atoms with Gasteiger partial charge in [-0.2, -0.15) is 8.69 Å². The van der Waals surface area contributed by atoms with Crippen LogP contribution < -0.4 is 19.5 Å². The van der Waals surface area contributed by atoms with E-state index in [-0.39, 0.29) is 24.3 Å². The predicted octanol–water partition coefficient (Wildman–Crippen LogP) is 0.0588. The van der Waals surface area contributed by atoms with Crippen LogP contribution in [0.4, 0.5) is 17.6 Å². The van der Waals surface area contributed by atoms with Crippen molar-refractivity contribution in [2.75, 3.05) is 33.9 Å². The summed E-state index contributed by atoms with van der Waals surface area (Å²) >= 11 is 0. The third kappa shape index (κ3) is 5.92. The van der Waals surface area contributed by atoms with E-state index in [0.29, 0.717) is 15.4 Å². The van der Waals surface area contributed by atoms with E-state index in [9.17, 15) is 16.8 Å².